The van der Waals surface area contributed by atoms with Crippen molar-refractivity contribution in [3.8, 4) is 0 Å². The molecule has 0 atom stereocenters. The predicted molar refractivity (Wildman–Crippen MR) is 109 cm³/mol. The van der Waals surface area contributed by atoms with Gasteiger partial charge in [0.1, 0.15) is 5.56 Å². The van der Waals surface area contributed by atoms with Crippen LogP contribution in [0.2, 0.25) is 0 Å². The van der Waals surface area contributed by atoms with Crippen LogP contribution < -0.4 is 10.9 Å². The highest BCUT2D eigenvalue weighted by molar-refractivity contribution is 7.22. The summed E-state index contributed by atoms with van der Waals surface area (Å²) in [4.78, 5) is 29.7. The number of amides is 1. The molecule has 0 aliphatic rings. The molecule has 0 aliphatic carbocycles. The minimum Gasteiger partial charge on any atom is -0.310 e. The number of aromatic nitrogens is 2. The lowest BCUT2D eigenvalue weighted by atomic mass is 10.1. The van der Waals surface area contributed by atoms with Crippen molar-refractivity contribution in [1.29, 1.82) is 0 Å². The maximum atomic E-state index is 12.7. The predicted octanol–water partition coefficient (Wildman–Crippen LogP) is 4.07. The highest BCUT2D eigenvalue weighted by atomic mass is 32.1. The van der Waals surface area contributed by atoms with Crippen LogP contribution in [0.25, 0.3) is 10.2 Å². The number of carbonyl (C=O) groups excluding carboxylic acids is 1. The number of hydrogen-bond acceptors (Lipinski definition) is 4. The molecule has 2 aromatic carbocycles. The lowest BCUT2D eigenvalue weighted by Crippen LogP contribution is -2.29. The first-order valence-electron chi connectivity index (χ1n) is 8.52. The van der Waals surface area contributed by atoms with Gasteiger partial charge >= 0.3 is 0 Å². The molecule has 0 saturated carbocycles. The maximum Gasteiger partial charge on any atom is 0.263 e. The molecule has 2 heterocycles. The fraction of sp³-hybridized carbons (Fsp3) is 0.0952. The SMILES string of the molecule is Cc1ccc(Cn2cccc(C(=O)Nc3nc4ccccc4s3)c2=O)cc1. The van der Waals surface area contributed by atoms with Gasteiger partial charge in [0.25, 0.3) is 11.5 Å². The Morgan fingerprint density at radius 1 is 1.07 bits per heavy atom. The van der Waals surface area contributed by atoms with Gasteiger partial charge in [-0.05, 0) is 36.8 Å². The molecule has 2 aromatic heterocycles. The number of thiazole rings is 1. The highest BCUT2D eigenvalue weighted by Crippen LogP contribution is 2.25. The minimum absolute atomic E-state index is 0.101. The summed E-state index contributed by atoms with van der Waals surface area (Å²) < 4.78 is 2.52. The number of nitrogens with one attached hydrogen (secondary N) is 1. The average Bonchev–Trinajstić information content (AvgIpc) is 3.07. The summed E-state index contributed by atoms with van der Waals surface area (Å²) in [6, 6.07) is 18.9. The van der Waals surface area contributed by atoms with Crippen LogP contribution in [-0.4, -0.2) is 15.5 Å². The summed E-state index contributed by atoms with van der Waals surface area (Å²) in [5, 5.41) is 3.22. The lowest BCUT2D eigenvalue weighted by molar-refractivity contribution is 0.102. The molecule has 0 spiro atoms. The number of pyridine rings is 1. The van der Waals surface area contributed by atoms with Crippen molar-refractivity contribution < 1.29 is 4.79 Å². The molecule has 0 aliphatic heterocycles. The van der Waals surface area contributed by atoms with Crippen LogP contribution in [0.5, 0.6) is 0 Å². The Hall–Kier alpha value is -3.25. The van der Waals surface area contributed by atoms with Crippen molar-refractivity contribution in [2.24, 2.45) is 0 Å². The van der Waals surface area contributed by atoms with E-state index < -0.39 is 5.91 Å². The van der Waals surface area contributed by atoms with E-state index in [0.29, 0.717) is 11.7 Å². The number of para-hydroxylation sites is 1. The minimum atomic E-state index is -0.447. The highest BCUT2D eigenvalue weighted by Gasteiger charge is 2.14. The van der Waals surface area contributed by atoms with E-state index in [9.17, 15) is 9.59 Å². The van der Waals surface area contributed by atoms with Gasteiger partial charge in [-0.1, -0.05) is 53.3 Å². The molecule has 4 rings (SSSR count). The van der Waals surface area contributed by atoms with Gasteiger partial charge in [0, 0.05) is 6.20 Å². The lowest BCUT2D eigenvalue weighted by Gasteiger charge is -2.08. The maximum absolute atomic E-state index is 12.7. The average molecular weight is 375 g/mol. The fourth-order valence-electron chi connectivity index (χ4n) is 2.81. The number of anilines is 1. The Morgan fingerprint density at radius 3 is 2.63 bits per heavy atom. The Labute approximate surface area is 159 Å². The van der Waals surface area contributed by atoms with Gasteiger partial charge in [0.2, 0.25) is 0 Å². The number of hydrogen-bond donors (Lipinski definition) is 1. The Kier molecular flexibility index (Phi) is 4.56. The van der Waals surface area contributed by atoms with Crippen LogP contribution in [0.4, 0.5) is 5.13 Å². The van der Waals surface area contributed by atoms with Crippen LogP contribution in [0.15, 0.2) is 71.7 Å². The van der Waals surface area contributed by atoms with Gasteiger partial charge in [-0.25, -0.2) is 4.98 Å². The first-order valence-corrected chi connectivity index (χ1v) is 9.34. The van der Waals surface area contributed by atoms with E-state index >= 15 is 0 Å². The number of fused-ring (bicyclic) bond motifs is 1. The summed E-state index contributed by atoms with van der Waals surface area (Å²) in [5.41, 5.74) is 2.77. The molecule has 5 nitrogen and oxygen atoms in total. The third kappa shape index (κ3) is 3.66. The molecule has 6 heteroatoms. The van der Waals surface area contributed by atoms with Crippen molar-refractivity contribution in [1.82, 2.24) is 9.55 Å². The largest absolute Gasteiger partial charge is 0.310 e. The molecular weight excluding hydrogens is 358 g/mol. The second-order valence-corrected chi connectivity index (χ2v) is 7.31. The molecule has 134 valence electrons. The summed E-state index contributed by atoms with van der Waals surface area (Å²) in [6.07, 6.45) is 1.69. The normalized spacial score (nSPS) is 10.9. The molecule has 0 saturated heterocycles. The van der Waals surface area contributed by atoms with Crippen LogP contribution in [-0.2, 0) is 6.54 Å². The zero-order valence-electron chi connectivity index (χ0n) is 14.7. The number of aryl methyl sites for hydroxylation is 1. The molecule has 1 amide bonds. The van der Waals surface area contributed by atoms with Gasteiger partial charge in [-0.15, -0.1) is 0 Å². The summed E-state index contributed by atoms with van der Waals surface area (Å²) in [7, 11) is 0. The number of rotatable bonds is 4. The molecule has 0 unspecified atom stereocenters. The topological polar surface area (TPSA) is 64.0 Å². The Morgan fingerprint density at radius 2 is 1.85 bits per heavy atom. The van der Waals surface area contributed by atoms with Gasteiger partial charge in [0.05, 0.1) is 16.8 Å². The molecule has 27 heavy (non-hydrogen) atoms. The van der Waals surface area contributed by atoms with Gasteiger partial charge in [-0.3, -0.25) is 14.9 Å². The molecule has 0 bridgehead atoms. The standard InChI is InChI=1S/C21H17N3O2S/c1-14-8-10-15(11-9-14)13-24-12-4-5-16(20(24)26)19(25)23-21-22-17-6-2-3-7-18(17)27-21/h2-12H,13H2,1H3,(H,22,23,25). The Bertz CT molecular complexity index is 1140. The molecule has 1 N–H and O–H groups in total. The quantitative estimate of drug-likeness (QED) is 0.585. The summed E-state index contributed by atoms with van der Waals surface area (Å²) in [5.74, 6) is -0.447. The zero-order chi connectivity index (χ0) is 18.8. The Balaban J connectivity index is 1.58. The van der Waals surface area contributed by atoms with Crippen LogP contribution in [0.3, 0.4) is 0 Å². The van der Waals surface area contributed by atoms with E-state index in [-0.39, 0.29) is 11.1 Å². The first kappa shape index (κ1) is 17.2. The van der Waals surface area contributed by atoms with E-state index in [0.717, 1.165) is 21.3 Å². The van der Waals surface area contributed by atoms with Gasteiger partial charge in [-0.2, -0.15) is 0 Å². The summed E-state index contributed by atoms with van der Waals surface area (Å²) >= 11 is 1.38. The number of nitrogens with zero attached hydrogens (tertiary/aromatic N) is 2. The van der Waals surface area contributed by atoms with Crippen molar-refractivity contribution in [2.45, 2.75) is 13.5 Å². The fourth-order valence-corrected chi connectivity index (χ4v) is 3.68. The monoisotopic (exact) mass is 375 g/mol. The second kappa shape index (κ2) is 7.17. The molecule has 0 fully saturated rings. The van der Waals surface area contributed by atoms with E-state index in [1.54, 1.807) is 12.3 Å². The van der Waals surface area contributed by atoms with Crippen molar-refractivity contribution in [3.05, 3.63) is 93.9 Å². The van der Waals surface area contributed by atoms with Crippen molar-refractivity contribution >= 4 is 32.6 Å². The zero-order valence-corrected chi connectivity index (χ0v) is 15.5. The second-order valence-electron chi connectivity index (χ2n) is 6.28. The van der Waals surface area contributed by atoms with Gasteiger partial charge < -0.3 is 4.57 Å². The molecular formula is C21H17N3O2S. The number of carbonyl (C=O) groups is 1. The molecule has 0 radical (unpaired) electrons. The third-order valence-electron chi connectivity index (χ3n) is 4.25. The third-order valence-corrected chi connectivity index (χ3v) is 5.20. The van der Waals surface area contributed by atoms with E-state index in [4.69, 9.17) is 0 Å². The van der Waals surface area contributed by atoms with E-state index in [1.807, 2.05) is 55.5 Å². The first-order chi connectivity index (χ1) is 13.1. The van der Waals surface area contributed by atoms with Crippen LogP contribution >= 0.6 is 11.3 Å². The van der Waals surface area contributed by atoms with Crippen molar-refractivity contribution in [3.63, 3.8) is 0 Å². The van der Waals surface area contributed by atoms with Crippen LogP contribution in [0, 0.1) is 6.92 Å². The van der Waals surface area contributed by atoms with E-state index in [2.05, 4.69) is 10.3 Å². The van der Waals surface area contributed by atoms with Crippen LogP contribution in [0.1, 0.15) is 21.5 Å². The van der Waals surface area contributed by atoms with Gasteiger partial charge in [0.15, 0.2) is 5.13 Å². The number of benzene rings is 2. The smallest absolute Gasteiger partial charge is 0.263 e. The van der Waals surface area contributed by atoms with Crippen molar-refractivity contribution in [2.75, 3.05) is 5.32 Å². The summed E-state index contributed by atoms with van der Waals surface area (Å²) in [6.45, 7) is 2.43. The van der Waals surface area contributed by atoms with E-state index in [1.165, 1.54) is 22.0 Å². The molecule has 4 aromatic rings.